The fourth-order valence-electron chi connectivity index (χ4n) is 4.58. The zero-order valence-corrected chi connectivity index (χ0v) is 16.7. The molecule has 4 rings (SSSR count). The number of carbonyl (C=O) groups is 3. The minimum atomic E-state index is -2.69. The van der Waals surface area contributed by atoms with E-state index in [2.05, 4.69) is 16.0 Å². The van der Waals surface area contributed by atoms with Gasteiger partial charge in [0.15, 0.2) is 0 Å². The van der Waals surface area contributed by atoms with Crippen LogP contribution in [0.4, 0.5) is 8.78 Å². The van der Waals surface area contributed by atoms with Crippen LogP contribution in [0.1, 0.15) is 47.2 Å². The number of benzene rings is 1. The van der Waals surface area contributed by atoms with Crippen molar-refractivity contribution in [3.63, 3.8) is 0 Å². The molecule has 0 spiro atoms. The lowest BCUT2D eigenvalue weighted by Gasteiger charge is -2.32. The summed E-state index contributed by atoms with van der Waals surface area (Å²) in [5, 5.41) is 8.23. The molecule has 3 N–H and O–H groups in total. The molecule has 9 heteroatoms. The number of hydrogen-bond acceptors (Lipinski definition) is 5. The Morgan fingerprint density at radius 2 is 2.03 bits per heavy atom. The second-order valence-electron chi connectivity index (χ2n) is 8.24. The van der Waals surface area contributed by atoms with Gasteiger partial charge in [0.1, 0.15) is 6.04 Å². The van der Waals surface area contributed by atoms with Crippen LogP contribution in [0.5, 0.6) is 0 Å². The van der Waals surface area contributed by atoms with Gasteiger partial charge in [0.2, 0.25) is 11.8 Å². The first-order valence-electron chi connectivity index (χ1n) is 10.4. The van der Waals surface area contributed by atoms with Gasteiger partial charge in [-0.05, 0) is 43.5 Å². The van der Waals surface area contributed by atoms with E-state index in [4.69, 9.17) is 0 Å². The maximum atomic E-state index is 13.9. The Hall–Kier alpha value is -2.39. The lowest BCUT2D eigenvalue weighted by Crippen LogP contribution is -2.52. The van der Waals surface area contributed by atoms with Gasteiger partial charge in [-0.25, -0.2) is 8.78 Å². The van der Waals surface area contributed by atoms with E-state index in [0.29, 0.717) is 51.0 Å². The third-order valence-corrected chi connectivity index (χ3v) is 6.25. The summed E-state index contributed by atoms with van der Waals surface area (Å²) in [6.07, 6.45) is 1.36. The molecule has 1 aromatic carbocycles. The molecule has 7 nitrogen and oxygen atoms in total. The van der Waals surface area contributed by atoms with Crippen LogP contribution in [0.15, 0.2) is 18.2 Å². The lowest BCUT2D eigenvalue weighted by atomic mass is 9.91. The molecule has 30 heavy (non-hydrogen) atoms. The van der Waals surface area contributed by atoms with Crippen LogP contribution in [-0.2, 0) is 22.7 Å². The molecule has 2 fully saturated rings. The van der Waals surface area contributed by atoms with Crippen molar-refractivity contribution in [2.75, 3.05) is 19.6 Å². The molecule has 3 aliphatic rings. The van der Waals surface area contributed by atoms with Gasteiger partial charge in [-0.1, -0.05) is 18.2 Å². The summed E-state index contributed by atoms with van der Waals surface area (Å²) < 4.78 is 27.9. The number of fused-ring (bicyclic) bond motifs is 1. The van der Waals surface area contributed by atoms with Gasteiger partial charge in [-0.15, -0.1) is 0 Å². The van der Waals surface area contributed by atoms with E-state index in [1.165, 1.54) is 4.90 Å². The van der Waals surface area contributed by atoms with Crippen molar-refractivity contribution in [3.05, 3.63) is 34.9 Å². The normalized spacial score (nSPS) is 25.9. The molecule has 2 unspecified atom stereocenters. The van der Waals surface area contributed by atoms with E-state index in [0.717, 1.165) is 11.1 Å². The molecule has 0 aliphatic carbocycles. The quantitative estimate of drug-likeness (QED) is 0.475. The van der Waals surface area contributed by atoms with E-state index in [9.17, 15) is 23.2 Å². The van der Waals surface area contributed by atoms with Crippen molar-refractivity contribution in [2.45, 2.75) is 50.7 Å². The number of halogens is 2. The molecule has 0 aromatic heterocycles. The number of rotatable bonds is 6. The SMILES string of the molecule is O=C1CCC(N2Cc3cccc(CNCCC4CCNCC4(F)F)c3C2=O)C(=O)N1. The molecule has 3 heterocycles. The number of nitrogens with zero attached hydrogens (tertiary/aromatic N) is 1. The van der Waals surface area contributed by atoms with E-state index >= 15 is 0 Å². The van der Waals surface area contributed by atoms with Gasteiger partial charge in [0, 0.05) is 31.0 Å². The van der Waals surface area contributed by atoms with Crippen LogP contribution >= 0.6 is 0 Å². The summed E-state index contributed by atoms with van der Waals surface area (Å²) in [6, 6.07) is 4.91. The summed E-state index contributed by atoms with van der Waals surface area (Å²) in [7, 11) is 0. The molecule has 0 saturated carbocycles. The number of alkyl halides is 2. The number of amides is 3. The molecule has 0 radical (unpaired) electrons. The largest absolute Gasteiger partial charge is 0.322 e. The van der Waals surface area contributed by atoms with Crippen molar-refractivity contribution < 1.29 is 23.2 Å². The van der Waals surface area contributed by atoms with Crippen molar-refractivity contribution in [3.8, 4) is 0 Å². The second kappa shape index (κ2) is 8.39. The minimum Gasteiger partial charge on any atom is -0.322 e. The van der Waals surface area contributed by atoms with Gasteiger partial charge < -0.3 is 15.5 Å². The van der Waals surface area contributed by atoms with E-state index in [1.807, 2.05) is 18.2 Å². The molecule has 3 aliphatic heterocycles. The highest BCUT2D eigenvalue weighted by Gasteiger charge is 2.41. The summed E-state index contributed by atoms with van der Waals surface area (Å²) in [5.41, 5.74) is 2.21. The number of hydrogen-bond donors (Lipinski definition) is 3. The second-order valence-corrected chi connectivity index (χ2v) is 8.24. The zero-order valence-electron chi connectivity index (χ0n) is 16.7. The summed E-state index contributed by atoms with van der Waals surface area (Å²) in [5.74, 6) is -4.30. The topological polar surface area (TPSA) is 90.5 Å². The van der Waals surface area contributed by atoms with Gasteiger partial charge in [-0.2, -0.15) is 0 Å². The maximum absolute atomic E-state index is 13.9. The highest BCUT2D eigenvalue weighted by Crippen LogP contribution is 2.32. The first kappa shape index (κ1) is 20.9. The summed E-state index contributed by atoms with van der Waals surface area (Å²) >= 11 is 0. The highest BCUT2D eigenvalue weighted by atomic mass is 19.3. The third kappa shape index (κ3) is 4.09. The molecule has 1 aromatic rings. The molecule has 2 atom stereocenters. The fourth-order valence-corrected chi connectivity index (χ4v) is 4.58. The minimum absolute atomic E-state index is 0.215. The average Bonchev–Trinajstić information content (AvgIpc) is 3.03. The van der Waals surface area contributed by atoms with Crippen LogP contribution in [0.3, 0.4) is 0 Å². The Labute approximate surface area is 173 Å². The van der Waals surface area contributed by atoms with Crippen molar-refractivity contribution >= 4 is 17.7 Å². The smallest absolute Gasteiger partial charge is 0.263 e. The van der Waals surface area contributed by atoms with E-state index in [1.54, 1.807) is 0 Å². The van der Waals surface area contributed by atoms with E-state index in [-0.39, 0.29) is 24.8 Å². The average molecular weight is 420 g/mol. The Bertz CT molecular complexity index is 861. The Kier molecular flexibility index (Phi) is 5.84. The van der Waals surface area contributed by atoms with Crippen LogP contribution < -0.4 is 16.0 Å². The fraction of sp³-hybridized carbons (Fsp3) is 0.571. The monoisotopic (exact) mass is 420 g/mol. The maximum Gasteiger partial charge on any atom is 0.263 e. The first-order valence-corrected chi connectivity index (χ1v) is 10.4. The third-order valence-electron chi connectivity index (χ3n) is 6.25. The zero-order chi connectivity index (χ0) is 21.3. The standard InChI is InChI=1S/C21H26F2N4O3/c22-21(23)12-25-9-7-15(21)6-8-24-10-13-2-1-3-14-11-27(20(30)18(13)14)16-4-5-17(28)26-19(16)29/h1-3,15-16,24-25H,4-12H2,(H,26,28,29). The molecular weight excluding hydrogens is 394 g/mol. The van der Waals surface area contributed by atoms with Crippen molar-refractivity contribution in [1.29, 1.82) is 0 Å². The number of piperidine rings is 2. The predicted molar refractivity (Wildman–Crippen MR) is 105 cm³/mol. The highest BCUT2D eigenvalue weighted by molar-refractivity contribution is 6.05. The van der Waals surface area contributed by atoms with Crippen molar-refractivity contribution in [2.24, 2.45) is 5.92 Å². The van der Waals surface area contributed by atoms with E-state index < -0.39 is 23.8 Å². The number of imide groups is 1. The Morgan fingerprint density at radius 3 is 2.80 bits per heavy atom. The van der Waals surface area contributed by atoms with Crippen LogP contribution in [-0.4, -0.2) is 54.2 Å². The van der Waals surface area contributed by atoms with Crippen molar-refractivity contribution in [1.82, 2.24) is 20.9 Å². The van der Waals surface area contributed by atoms with Gasteiger partial charge >= 0.3 is 0 Å². The van der Waals surface area contributed by atoms with Gasteiger partial charge in [0.25, 0.3) is 11.8 Å². The van der Waals surface area contributed by atoms with Crippen LogP contribution in [0, 0.1) is 5.92 Å². The number of nitrogens with one attached hydrogen (secondary N) is 3. The van der Waals surface area contributed by atoms with Gasteiger partial charge in [-0.3, -0.25) is 19.7 Å². The molecule has 0 bridgehead atoms. The Balaban J connectivity index is 1.37. The first-order chi connectivity index (χ1) is 14.4. The lowest BCUT2D eigenvalue weighted by molar-refractivity contribution is -0.136. The van der Waals surface area contributed by atoms with Gasteiger partial charge in [0.05, 0.1) is 6.54 Å². The Morgan fingerprint density at radius 1 is 1.20 bits per heavy atom. The van der Waals surface area contributed by atoms with Crippen LogP contribution in [0.2, 0.25) is 0 Å². The summed E-state index contributed by atoms with van der Waals surface area (Å²) in [6.45, 7) is 1.50. The molecule has 2 saturated heterocycles. The number of carbonyl (C=O) groups excluding carboxylic acids is 3. The summed E-state index contributed by atoms with van der Waals surface area (Å²) in [4.78, 5) is 38.1. The predicted octanol–water partition coefficient (Wildman–Crippen LogP) is 1.17. The molecular formula is C21H26F2N4O3. The molecule has 162 valence electrons. The molecule has 3 amide bonds. The van der Waals surface area contributed by atoms with Crippen LogP contribution in [0.25, 0.3) is 0 Å².